The average molecular weight is 391 g/mol. The maximum atomic E-state index is 13.0. The van der Waals surface area contributed by atoms with Gasteiger partial charge in [0.25, 0.3) is 0 Å². The van der Waals surface area contributed by atoms with Gasteiger partial charge in [-0.2, -0.15) is 4.31 Å². The van der Waals surface area contributed by atoms with Crippen molar-refractivity contribution in [3.8, 4) is 11.5 Å². The van der Waals surface area contributed by atoms with Crippen molar-refractivity contribution < 1.29 is 12.8 Å². The van der Waals surface area contributed by atoms with Crippen LogP contribution in [0.1, 0.15) is 24.8 Å². The topological polar surface area (TPSA) is 89.2 Å². The molecule has 0 saturated carbocycles. The lowest BCUT2D eigenvalue weighted by molar-refractivity contribution is 0.332. The molecule has 1 aliphatic heterocycles. The zero-order valence-electron chi connectivity index (χ0n) is 13.6. The lowest BCUT2D eigenvalue weighted by Crippen LogP contribution is -2.30. The third-order valence-electron chi connectivity index (χ3n) is 4.24. The van der Waals surface area contributed by atoms with Gasteiger partial charge in [0.15, 0.2) is 0 Å². The van der Waals surface area contributed by atoms with Crippen LogP contribution in [0.5, 0.6) is 0 Å². The smallest absolute Gasteiger partial charge is 0.249 e. The van der Waals surface area contributed by atoms with Gasteiger partial charge in [0.05, 0.1) is 10.5 Å². The Labute approximate surface area is 155 Å². The van der Waals surface area contributed by atoms with Gasteiger partial charge >= 0.3 is 0 Å². The number of sulfonamides is 1. The monoisotopic (exact) mass is 390 g/mol. The predicted molar refractivity (Wildman–Crippen MR) is 94.8 cm³/mol. The Morgan fingerprint density at radius 1 is 1.19 bits per heavy atom. The second-order valence-electron chi connectivity index (χ2n) is 5.92. The molecule has 1 aliphatic rings. The Kier molecular flexibility index (Phi) is 4.47. The number of pyridine rings is 1. The molecule has 3 aromatic rings. The SMILES string of the molecule is O=S(=O)(c1cccc(Cl)c1)N1CCC[C@H]1c1nnc(-c2cccnc2)o1. The third kappa shape index (κ3) is 3.11. The van der Waals surface area contributed by atoms with Gasteiger partial charge < -0.3 is 4.42 Å². The number of benzene rings is 1. The minimum Gasteiger partial charge on any atom is -0.419 e. The highest BCUT2D eigenvalue weighted by atomic mass is 35.5. The number of nitrogens with zero attached hydrogens (tertiary/aromatic N) is 4. The minimum atomic E-state index is -3.71. The molecule has 0 aliphatic carbocycles. The molecule has 26 heavy (non-hydrogen) atoms. The van der Waals surface area contributed by atoms with Crippen molar-refractivity contribution in [3.05, 3.63) is 59.7 Å². The lowest BCUT2D eigenvalue weighted by atomic mass is 10.2. The number of hydrogen-bond donors (Lipinski definition) is 0. The highest BCUT2D eigenvalue weighted by Crippen LogP contribution is 2.37. The van der Waals surface area contributed by atoms with E-state index in [9.17, 15) is 8.42 Å². The highest BCUT2D eigenvalue weighted by Gasteiger charge is 2.39. The molecule has 0 amide bonds. The normalized spacial score (nSPS) is 18.3. The summed E-state index contributed by atoms with van der Waals surface area (Å²) in [5.41, 5.74) is 0.688. The van der Waals surface area contributed by atoms with Crippen LogP contribution in [0.3, 0.4) is 0 Å². The molecule has 9 heteroatoms. The van der Waals surface area contributed by atoms with Crippen LogP contribution in [0, 0.1) is 0 Å². The fraction of sp³-hybridized carbons (Fsp3) is 0.235. The van der Waals surface area contributed by atoms with Crippen molar-refractivity contribution >= 4 is 21.6 Å². The molecule has 4 rings (SSSR count). The van der Waals surface area contributed by atoms with Crippen molar-refractivity contribution in [2.24, 2.45) is 0 Å². The van der Waals surface area contributed by atoms with Crippen LogP contribution in [0.15, 0.2) is 58.1 Å². The van der Waals surface area contributed by atoms with E-state index in [-0.39, 0.29) is 10.8 Å². The van der Waals surface area contributed by atoms with Crippen molar-refractivity contribution in [1.29, 1.82) is 0 Å². The standard InChI is InChI=1S/C17H15ClN4O3S/c18-13-5-1-6-14(10-13)26(23,24)22-9-3-7-15(22)17-21-20-16(25-17)12-4-2-8-19-11-12/h1-2,4-6,8,10-11,15H,3,7,9H2/t15-/m0/s1. The van der Waals surface area contributed by atoms with Gasteiger partial charge in [0.2, 0.25) is 21.8 Å². The van der Waals surface area contributed by atoms with Crippen molar-refractivity contribution in [1.82, 2.24) is 19.5 Å². The first kappa shape index (κ1) is 17.1. The largest absolute Gasteiger partial charge is 0.419 e. The molecule has 0 bridgehead atoms. The van der Waals surface area contributed by atoms with Crippen LogP contribution >= 0.6 is 11.6 Å². The molecule has 2 aromatic heterocycles. The number of rotatable bonds is 4. The Hall–Kier alpha value is -2.29. The molecular formula is C17H15ClN4O3S. The maximum Gasteiger partial charge on any atom is 0.249 e. The first-order valence-corrected chi connectivity index (χ1v) is 9.89. The van der Waals surface area contributed by atoms with Crippen LogP contribution < -0.4 is 0 Å². The number of hydrogen-bond acceptors (Lipinski definition) is 6. The predicted octanol–water partition coefficient (Wildman–Crippen LogP) is 3.31. The van der Waals surface area contributed by atoms with E-state index < -0.39 is 16.1 Å². The number of halogens is 1. The lowest BCUT2D eigenvalue weighted by Gasteiger charge is -2.21. The van der Waals surface area contributed by atoms with E-state index in [0.717, 1.165) is 6.42 Å². The van der Waals surface area contributed by atoms with Crippen LogP contribution in [0.25, 0.3) is 11.5 Å². The van der Waals surface area contributed by atoms with Crippen molar-refractivity contribution in [2.45, 2.75) is 23.8 Å². The van der Waals surface area contributed by atoms with Gasteiger partial charge in [-0.3, -0.25) is 4.98 Å². The molecule has 1 aromatic carbocycles. The van der Waals surface area contributed by atoms with Crippen molar-refractivity contribution in [3.63, 3.8) is 0 Å². The molecule has 0 radical (unpaired) electrons. The van der Waals surface area contributed by atoms with Crippen LogP contribution in [0.4, 0.5) is 0 Å². The summed E-state index contributed by atoms with van der Waals surface area (Å²) in [6, 6.07) is 9.32. The molecule has 7 nitrogen and oxygen atoms in total. The molecule has 1 atom stereocenters. The van der Waals surface area contributed by atoms with E-state index in [1.165, 1.54) is 16.4 Å². The molecule has 0 N–H and O–H groups in total. The summed E-state index contributed by atoms with van der Waals surface area (Å²) in [6.45, 7) is 0.393. The average Bonchev–Trinajstić information content (AvgIpc) is 3.32. The fourth-order valence-electron chi connectivity index (χ4n) is 3.01. The molecule has 1 saturated heterocycles. The molecular weight excluding hydrogens is 376 g/mol. The second kappa shape index (κ2) is 6.79. The first-order valence-electron chi connectivity index (χ1n) is 8.07. The molecule has 134 valence electrons. The van der Waals surface area contributed by atoms with Gasteiger partial charge in [-0.1, -0.05) is 17.7 Å². The van der Waals surface area contributed by atoms with E-state index in [0.29, 0.717) is 29.4 Å². The van der Waals surface area contributed by atoms with Crippen LogP contribution in [-0.2, 0) is 10.0 Å². The minimum absolute atomic E-state index is 0.156. The molecule has 0 spiro atoms. The van der Waals surface area contributed by atoms with E-state index in [4.69, 9.17) is 16.0 Å². The summed E-state index contributed by atoms with van der Waals surface area (Å²) in [4.78, 5) is 4.18. The summed E-state index contributed by atoms with van der Waals surface area (Å²) in [5.74, 6) is 0.604. The summed E-state index contributed by atoms with van der Waals surface area (Å²) in [6.07, 6.45) is 4.60. The van der Waals surface area contributed by atoms with Crippen LogP contribution in [-0.4, -0.2) is 34.4 Å². The second-order valence-corrected chi connectivity index (χ2v) is 8.25. The van der Waals surface area contributed by atoms with E-state index in [1.54, 1.807) is 36.7 Å². The fourth-order valence-corrected chi connectivity index (χ4v) is 4.96. The summed E-state index contributed by atoms with van der Waals surface area (Å²) in [5, 5.41) is 8.48. The zero-order valence-corrected chi connectivity index (χ0v) is 15.2. The Morgan fingerprint density at radius 2 is 2.08 bits per heavy atom. The van der Waals surface area contributed by atoms with Gasteiger partial charge in [0.1, 0.15) is 6.04 Å². The Balaban J connectivity index is 1.66. The summed E-state index contributed by atoms with van der Waals surface area (Å²) < 4.78 is 33.2. The quantitative estimate of drug-likeness (QED) is 0.678. The van der Waals surface area contributed by atoms with Crippen LogP contribution in [0.2, 0.25) is 5.02 Å². The first-order chi connectivity index (χ1) is 12.6. The molecule has 0 unspecified atom stereocenters. The summed E-state index contributed by atoms with van der Waals surface area (Å²) >= 11 is 5.95. The van der Waals surface area contributed by atoms with Gasteiger partial charge in [0, 0.05) is 24.0 Å². The summed E-state index contributed by atoms with van der Waals surface area (Å²) in [7, 11) is -3.71. The van der Waals surface area contributed by atoms with Gasteiger partial charge in [-0.25, -0.2) is 8.42 Å². The number of aromatic nitrogens is 3. The Morgan fingerprint density at radius 3 is 2.85 bits per heavy atom. The van der Waals surface area contributed by atoms with Crippen molar-refractivity contribution in [2.75, 3.05) is 6.54 Å². The third-order valence-corrected chi connectivity index (χ3v) is 6.38. The highest BCUT2D eigenvalue weighted by molar-refractivity contribution is 7.89. The van der Waals surface area contributed by atoms with Gasteiger partial charge in [-0.05, 0) is 43.2 Å². The Bertz CT molecular complexity index is 1020. The van der Waals surface area contributed by atoms with E-state index in [1.807, 2.05) is 0 Å². The van der Waals surface area contributed by atoms with Gasteiger partial charge in [-0.15, -0.1) is 10.2 Å². The van der Waals surface area contributed by atoms with E-state index in [2.05, 4.69) is 15.2 Å². The maximum absolute atomic E-state index is 13.0. The zero-order chi connectivity index (χ0) is 18.1. The molecule has 3 heterocycles. The van der Waals surface area contributed by atoms with E-state index >= 15 is 0 Å². The molecule has 1 fully saturated rings.